The number of pyridine rings is 1. The molecule has 1 aromatic heterocycles. The Morgan fingerprint density at radius 3 is 2.60 bits per heavy atom. The first-order valence-corrected chi connectivity index (χ1v) is 3.56. The number of halogens is 2. The van der Waals surface area contributed by atoms with Crippen LogP contribution in [0, 0.1) is 3.70 Å². The Labute approximate surface area is 79.5 Å². The molecule has 0 N–H and O–H groups in total. The predicted molar refractivity (Wildman–Crippen MR) is 50.8 cm³/mol. The molecule has 1 rings (SSSR count). The van der Waals surface area contributed by atoms with Crippen LogP contribution in [0.3, 0.4) is 0 Å². The van der Waals surface area contributed by atoms with Crippen LogP contribution in [0.2, 0.25) is 0 Å². The number of aromatic nitrogens is 1. The van der Waals surface area contributed by atoms with Gasteiger partial charge in [0.05, 0.1) is 13.3 Å². The number of ether oxygens (including phenoxy) is 1. The van der Waals surface area contributed by atoms with Crippen LogP contribution in [0.1, 0.15) is 0 Å². The van der Waals surface area contributed by atoms with Crippen LogP contribution in [0.15, 0.2) is 18.3 Å². The average molecular weight is 271 g/mol. The lowest BCUT2D eigenvalue weighted by atomic mass is 10.5. The first-order valence-electron chi connectivity index (χ1n) is 2.48. The molecule has 0 atom stereocenters. The fourth-order valence-electron chi connectivity index (χ4n) is 0.483. The standard InChI is InChI=1S/C6H6INO.ClH/c1-9-5-2-3-6(7)8-4-5;/h2-4H,1H3;1H. The monoisotopic (exact) mass is 271 g/mol. The lowest BCUT2D eigenvalue weighted by Crippen LogP contribution is -1.84. The maximum absolute atomic E-state index is 4.90. The van der Waals surface area contributed by atoms with E-state index in [1.807, 2.05) is 12.1 Å². The quantitative estimate of drug-likeness (QED) is 0.576. The Morgan fingerprint density at radius 1 is 1.50 bits per heavy atom. The molecular formula is C6H7ClINO. The minimum absolute atomic E-state index is 0. The summed E-state index contributed by atoms with van der Waals surface area (Å²) in [5, 5.41) is 0. The molecule has 1 heterocycles. The maximum atomic E-state index is 4.90. The van der Waals surface area contributed by atoms with Crippen molar-refractivity contribution in [1.82, 2.24) is 4.98 Å². The van der Waals surface area contributed by atoms with E-state index >= 15 is 0 Å². The molecule has 0 aliphatic carbocycles. The lowest BCUT2D eigenvalue weighted by molar-refractivity contribution is 0.412. The molecule has 0 unspecified atom stereocenters. The minimum atomic E-state index is 0. The van der Waals surface area contributed by atoms with Gasteiger partial charge in [0, 0.05) is 0 Å². The summed E-state index contributed by atoms with van der Waals surface area (Å²) in [6, 6.07) is 3.79. The van der Waals surface area contributed by atoms with E-state index in [9.17, 15) is 0 Å². The van der Waals surface area contributed by atoms with Gasteiger partial charge in [0.25, 0.3) is 0 Å². The first-order chi connectivity index (χ1) is 4.33. The van der Waals surface area contributed by atoms with Gasteiger partial charge < -0.3 is 4.74 Å². The second-order valence-electron chi connectivity index (χ2n) is 1.52. The highest BCUT2D eigenvalue weighted by Crippen LogP contribution is 2.08. The molecule has 10 heavy (non-hydrogen) atoms. The van der Waals surface area contributed by atoms with E-state index in [1.165, 1.54) is 0 Å². The first kappa shape index (κ1) is 9.97. The molecule has 2 nitrogen and oxygen atoms in total. The molecule has 0 amide bonds. The Hall–Kier alpha value is -0.0300. The summed E-state index contributed by atoms with van der Waals surface area (Å²) in [6.45, 7) is 0. The van der Waals surface area contributed by atoms with E-state index in [4.69, 9.17) is 4.74 Å². The summed E-state index contributed by atoms with van der Waals surface area (Å²) in [7, 11) is 1.63. The van der Waals surface area contributed by atoms with Crippen molar-refractivity contribution in [3.05, 3.63) is 22.0 Å². The largest absolute Gasteiger partial charge is 0.495 e. The van der Waals surface area contributed by atoms with Gasteiger partial charge in [-0.05, 0) is 34.7 Å². The van der Waals surface area contributed by atoms with Crippen molar-refractivity contribution in [1.29, 1.82) is 0 Å². The van der Waals surface area contributed by atoms with Crippen molar-refractivity contribution in [3.63, 3.8) is 0 Å². The molecule has 0 saturated carbocycles. The highest BCUT2D eigenvalue weighted by Gasteiger charge is 1.88. The third-order valence-corrected chi connectivity index (χ3v) is 1.57. The molecule has 0 bridgehead atoms. The molecule has 0 aliphatic rings. The molecule has 56 valence electrons. The van der Waals surface area contributed by atoms with Crippen LogP contribution < -0.4 is 4.74 Å². The SMILES string of the molecule is COc1ccc(I)nc1.Cl. The number of hydrogen-bond acceptors (Lipinski definition) is 2. The van der Waals surface area contributed by atoms with Gasteiger partial charge in [-0.2, -0.15) is 0 Å². The van der Waals surface area contributed by atoms with Gasteiger partial charge >= 0.3 is 0 Å². The fourth-order valence-corrected chi connectivity index (χ4v) is 0.802. The third-order valence-electron chi connectivity index (χ3n) is 0.936. The Kier molecular flexibility index (Phi) is 4.72. The summed E-state index contributed by atoms with van der Waals surface area (Å²) >= 11 is 2.15. The zero-order valence-electron chi connectivity index (χ0n) is 5.37. The van der Waals surface area contributed by atoms with Gasteiger partial charge in [-0.15, -0.1) is 12.4 Å². The van der Waals surface area contributed by atoms with Gasteiger partial charge in [-0.1, -0.05) is 0 Å². The van der Waals surface area contributed by atoms with Gasteiger partial charge in [-0.3, -0.25) is 0 Å². The van der Waals surface area contributed by atoms with E-state index in [2.05, 4.69) is 27.6 Å². The Bertz CT molecular complexity index is 189. The van der Waals surface area contributed by atoms with Gasteiger partial charge in [-0.25, -0.2) is 4.98 Å². The van der Waals surface area contributed by atoms with Crippen LogP contribution in [0.25, 0.3) is 0 Å². The zero-order valence-corrected chi connectivity index (χ0v) is 8.35. The fraction of sp³-hybridized carbons (Fsp3) is 0.167. The van der Waals surface area contributed by atoms with E-state index < -0.39 is 0 Å². The Balaban J connectivity index is 0.000000810. The molecule has 0 aliphatic heterocycles. The average Bonchev–Trinajstić information content (AvgIpc) is 1.90. The van der Waals surface area contributed by atoms with Crippen molar-refractivity contribution in [2.24, 2.45) is 0 Å². The highest BCUT2D eigenvalue weighted by atomic mass is 127. The van der Waals surface area contributed by atoms with E-state index in [0.29, 0.717) is 0 Å². The van der Waals surface area contributed by atoms with Gasteiger partial charge in [0.1, 0.15) is 9.45 Å². The molecular weight excluding hydrogens is 264 g/mol. The summed E-state index contributed by atoms with van der Waals surface area (Å²) in [5.74, 6) is 0.801. The van der Waals surface area contributed by atoms with Crippen molar-refractivity contribution < 1.29 is 4.74 Å². The van der Waals surface area contributed by atoms with Crippen molar-refractivity contribution in [2.45, 2.75) is 0 Å². The molecule has 0 saturated heterocycles. The number of methoxy groups -OCH3 is 1. The van der Waals surface area contributed by atoms with Crippen molar-refractivity contribution >= 4 is 35.0 Å². The Morgan fingerprint density at radius 2 is 2.20 bits per heavy atom. The van der Waals surface area contributed by atoms with Crippen LogP contribution >= 0.6 is 35.0 Å². The van der Waals surface area contributed by atoms with Gasteiger partial charge in [0.15, 0.2) is 0 Å². The summed E-state index contributed by atoms with van der Waals surface area (Å²) in [4.78, 5) is 4.01. The third kappa shape index (κ3) is 2.70. The van der Waals surface area contributed by atoms with Crippen LogP contribution in [-0.2, 0) is 0 Å². The molecule has 0 spiro atoms. The second-order valence-corrected chi connectivity index (χ2v) is 2.63. The van der Waals surface area contributed by atoms with Crippen LogP contribution in [-0.4, -0.2) is 12.1 Å². The van der Waals surface area contributed by atoms with Crippen LogP contribution in [0.4, 0.5) is 0 Å². The summed E-state index contributed by atoms with van der Waals surface area (Å²) in [5.41, 5.74) is 0. The highest BCUT2D eigenvalue weighted by molar-refractivity contribution is 14.1. The van der Waals surface area contributed by atoms with Gasteiger partial charge in [0.2, 0.25) is 0 Å². The molecule has 0 radical (unpaired) electrons. The number of nitrogens with zero attached hydrogens (tertiary/aromatic N) is 1. The van der Waals surface area contributed by atoms with Crippen molar-refractivity contribution in [3.8, 4) is 5.75 Å². The molecule has 4 heteroatoms. The topological polar surface area (TPSA) is 22.1 Å². The van der Waals surface area contributed by atoms with E-state index in [1.54, 1.807) is 13.3 Å². The minimum Gasteiger partial charge on any atom is -0.495 e. The molecule has 1 aromatic rings. The molecule has 0 aromatic carbocycles. The smallest absolute Gasteiger partial charge is 0.137 e. The lowest BCUT2D eigenvalue weighted by Gasteiger charge is -1.95. The predicted octanol–water partition coefficient (Wildman–Crippen LogP) is 2.12. The van der Waals surface area contributed by atoms with Crippen LogP contribution in [0.5, 0.6) is 5.75 Å². The van der Waals surface area contributed by atoms with E-state index in [-0.39, 0.29) is 12.4 Å². The normalized spacial score (nSPS) is 8.20. The second kappa shape index (κ2) is 4.73. The number of rotatable bonds is 1. The summed E-state index contributed by atoms with van der Waals surface area (Å²) < 4.78 is 5.88. The zero-order chi connectivity index (χ0) is 6.69. The van der Waals surface area contributed by atoms with Crippen molar-refractivity contribution in [2.75, 3.05) is 7.11 Å². The maximum Gasteiger partial charge on any atom is 0.137 e. The number of hydrogen-bond donors (Lipinski definition) is 0. The van der Waals surface area contributed by atoms with E-state index in [0.717, 1.165) is 9.45 Å². The summed E-state index contributed by atoms with van der Waals surface area (Å²) in [6.07, 6.45) is 1.70. The molecule has 0 fully saturated rings.